The van der Waals surface area contributed by atoms with Gasteiger partial charge in [-0.15, -0.1) is 5.10 Å². The van der Waals surface area contributed by atoms with Gasteiger partial charge in [0.15, 0.2) is 0 Å². The number of amides is 1. The summed E-state index contributed by atoms with van der Waals surface area (Å²) in [5, 5.41) is 12.8. The minimum atomic E-state index is 0.0343. The lowest BCUT2D eigenvalue weighted by Gasteiger charge is -2.40. The first-order valence-electron chi connectivity index (χ1n) is 9.43. The topological polar surface area (TPSA) is 78.1 Å². The first-order chi connectivity index (χ1) is 12.6. The number of hydrogen-bond acceptors (Lipinski definition) is 5. The fourth-order valence-electron chi connectivity index (χ4n) is 3.93. The molecule has 0 unspecified atom stereocenters. The third kappa shape index (κ3) is 3.02. The Morgan fingerprint density at radius 1 is 1.42 bits per heavy atom. The Labute approximate surface area is 153 Å². The second-order valence-corrected chi connectivity index (χ2v) is 7.56. The first kappa shape index (κ1) is 17.2. The molecule has 8 heteroatoms. The molecule has 4 heterocycles. The number of hydrogen-bond donors (Lipinski definition) is 0. The van der Waals surface area contributed by atoms with Gasteiger partial charge in [0.05, 0.1) is 36.3 Å². The molecule has 2 aromatic rings. The SMILES string of the molecule is CCn1nc(CC(C)C)cc1C(=O)N1CC[C@H]2OCc3cnnn3[C@@H]2C1. The number of nitrogens with zero attached hydrogens (tertiary/aromatic N) is 6. The van der Waals surface area contributed by atoms with E-state index in [0.29, 0.717) is 37.9 Å². The zero-order chi connectivity index (χ0) is 18.3. The molecule has 0 radical (unpaired) electrons. The van der Waals surface area contributed by atoms with E-state index in [9.17, 15) is 4.79 Å². The van der Waals surface area contributed by atoms with E-state index in [-0.39, 0.29) is 18.1 Å². The summed E-state index contributed by atoms with van der Waals surface area (Å²) in [4.78, 5) is 15.1. The first-order valence-corrected chi connectivity index (χ1v) is 9.43. The highest BCUT2D eigenvalue weighted by molar-refractivity contribution is 5.92. The summed E-state index contributed by atoms with van der Waals surface area (Å²) in [5.41, 5.74) is 2.63. The zero-order valence-electron chi connectivity index (χ0n) is 15.6. The van der Waals surface area contributed by atoms with Crippen molar-refractivity contribution in [1.82, 2.24) is 29.7 Å². The van der Waals surface area contributed by atoms with Gasteiger partial charge in [-0.2, -0.15) is 5.10 Å². The van der Waals surface area contributed by atoms with E-state index < -0.39 is 0 Å². The van der Waals surface area contributed by atoms with Crippen LogP contribution in [-0.2, 0) is 24.3 Å². The maximum absolute atomic E-state index is 13.2. The van der Waals surface area contributed by atoms with Crippen molar-refractivity contribution in [2.75, 3.05) is 13.1 Å². The average molecular weight is 358 g/mol. The smallest absolute Gasteiger partial charge is 0.272 e. The van der Waals surface area contributed by atoms with E-state index in [1.54, 1.807) is 6.20 Å². The Morgan fingerprint density at radius 3 is 3.04 bits per heavy atom. The number of ether oxygens (including phenoxy) is 1. The van der Waals surface area contributed by atoms with E-state index in [2.05, 4.69) is 29.3 Å². The van der Waals surface area contributed by atoms with Crippen LogP contribution in [0.25, 0.3) is 0 Å². The number of carbonyl (C=O) groups excluding carboxylic acids is 1. The van der Waals surface area contributed by atoms with E-state index in [4.69, 9.17) is 4.74 Å². The van der Waals surface area contributed by atoms with Crippen LogP contribution in [0.1, 0.15) is 55.1 Å². The maximum atomic E-state index is 13.2. The van der Waals surface area contributed by atoms with Crippen LogP contribution in [0.5, 0.6) is 0 Å². The zero-order valence-corrected chi connectivity index (χ0v) is 15.6. The Balaban J connectivity index is 1.55. The van der Waals surface area contributed by atoms with Crippen LogP contribution >= 0.6 is 0 Å². The quantitative estimate of drug-likeness (QED) is 0.831. The Morgan fingerprint density at radius 2 is 2.27 bits per heavy atom. The summed E-state index contributed by atoms with van der Waals surface area (Å²) in [7, 11) is 0. The number of carbonyl (C=O) groups is 1. The van der Waals surface area contributed by atoms with Crippen LogP contribution in [0.15, 0.2) is 12.3 Å². The Kier molecular flexibility index (Phi) is 4.52. The third-order valence-electron chi connectivity index (χ3n) is 5.18. The summed E-state index contributed by atoms with van der Waals surface area (Å²) >= 11 is 0. The Hall–Kier alpha value is -2.22. The molecule has 1 amide bonds. The highest BCUT2D eigenvalue weighted by Crippen LogP contribution is 2.30. The summed E-state index contributed by atoms with van der Waals surface area (Å²) < 4.78 is 9.69. The van der Waals surface area contributed by atoms with E-state index in [1.165, 1.54) is 0 Å². The van der Waals surface area contributed by atoms with Crippen molar-refractivity contribution in [3.05, 3.63) is 29.3 Å². The predicted molar refractivity (Wildman–Crippen MR) is 94.6 cm³/mol. The van der Waals surface area contributed by atoms with Gasteiger partial charge in [0.1, 0.15) is 5.69 Å². The molecule has 26 heavy (non-hydrogen) atoms. The van der Waals surface area contributed by atoms with Gasteiger partial charge in [-0.1, -0.05) is 19.1 Å². The minimum Gasteiger partial charge on any atom is -0.370 e. The van der Waals surface area contributed by atoms with Crippen molar-refractivity contribution in [2.45, 2.75) is 58.9 Å². The average Bonchev–Trinajstić information content (AvgIpc) is 3.26. The maximum Gasteiger partial charge on any atom is 0.272 e. The van der Waals surface area contributed by atoms with Crippen LogP contribution in [0, 0.1) is 5.92 Å². The van der Waals surface area contributed by atoms with Crippen molar-refractivity contribution in [1.29, 1.82) is 0 Å². The second-order valence-electron chi connectivity index (χ2n) is 7.56. The number of piperidine rings is 1. The minimum absolute atomic E-state index is 0.0343. The van der Waals surface area contributed by atoms with Crippen molar-refractivity contribution < 1.29 is 9.53 Å². The lowest BCUT2D eigenvalue weighted by atomic mass is 10.00. The number of fused-ring (bicyclic) bond motifs is 3. The molecule has 2 aliphatic heterocycles. The summed E-state index contributed by atoms with van der Waals surface area (Å²) in [6.45, 7) is 8.86. The molecular formula is C18H26N6O2. The van der Waals surface area contributed by atoms with Gasteiger partial charge in [-0.3, -0.25) is 9.48 Å². The Bertz CT molecular complexity index is 795. The fraction of sp³-hybridized carbons (Fsp3) is 0.667. The highest BCUT2D eigenvalue weighted by atomic mass is 16.5. The van der Waals surface area contributed by atoms with Crippen LogP contribution < -0.4 is 0 Å². The molecule has 1 fully saturated rings. The van der Waals surface area contributed by atoms with Crippen molar-refractivity contribution in [3.63, 3.8) is 0 Å². The molecule has 0 saturated carbocycles. The predicted octanol–water partition coefficient (Wildman–Crippen LogP) is 1.68. The van der Waals surface area contributed by atoms with E-state index >= 15 is 0 Å². The number of aryl methyl sites for hydroxylation is 1. The van der Waals surface area contributed by atoms with Crippen LogP contribution in [-0.4, -0.2) is 54.8 Å². The van der Waals surface area contributed by atoms with Crippen molar-refractivity contribution >= 4 is 5.91 Å². The number of aromatic nitrogens is 5. The van der Waals surface area contributed by atoms with Crippen LogP contribution in [0.4, 0.5) is 0 Å². The van der Waals surface area contributed by atoms with Crippen molar-refractivity contribution in [2.24, 2.45) is 5.92 Å². The van der Waals surface area contributed by atoms with Gasteiger partial charge in [-0.25, -0.2) is 4.68 Å². The molecule has 4 rings (SSSR count). The molecule has 140 valence electrons. The van der Waals surface area contributed by atoms with Crippen LogP contribution in [0.3, 0.4) is 0 Å². The van der Waals surface area contributed by atoms with Gasteiger partial charge in [0.25, 0.3) is 5.91 Å². The van der Waals surface area contributed by atoms with Crippen LogP contribution in [0.2, 0.25) is 0 Å². The van der Waals surface area contributed by atoms with Gasteiger partial charge >= 0.3 is 0 Å². The summed E-state index contributed by atoms with van der Waals surface area (Å²) in [5.74, 6) is 0.555. The standard InChI is InChI=1S/C18H26N6O2/c1-4-23-15(8-13(20-23)7-12(2)3)18(25)22-6-5-17-16(10-22)24-14(11-26-17)9-19-21-24/h8-9,12,16-17H,4-7,10-11H2,1-3H3/t16-,17-/m1/s1. The lowest BCUT2D eigenvalue weighted by Crippen LogP contribution is -2.50. The van der Waals surface area contributed by atoms with Gasteiger partial charge in [0.2, 0.25) is 0 Å². The number of likely N-dealkylation sites (tertiary alicyclic amines) is 1. The summed E-state index contributed by atoms with van der Waals surface area (Å²) in [6, 6.07) is 1.99. The molecule has 1 saturated heterocycles. The van der Waals surface area contributed by atoms with Gasteiger partial charge in [0, 0.05) is 19.6 Å². The lowest BCUT2D eigenvalue weighted by molar-refractivity contribution is -0.0606. The normalized spacial score (nSPS) is 22.4. The highest BCUT2D eigenvalue weighted by Gasteiger charge is 2.38. The van der Waals surface area contributed by atoms with E-state index in [1.807, 2.05) is 27.3 Å². The molecular weight excluding hydrogens is 332 g/mol. The summed E-state index contributed by atoms with van der Waals surface area (Å²) in [6.07, 6.45) is 3.53. The molecule has 0 spiro atoms. The molecule has 2 aromatic heterocycles. The van der Waals surface area contributed by atoms with E-state index in [0.717, 1.165) is 24.2 Å². The largest absolute Gasteiger partial charge is 0.370 e. The molecule has 2 atom stereocenters. The molecule has 2 aliphatic rings. The van der Waals surface area contributed by atoms with Gasteiger partial charge in [-0.05, 0) is 31.7 Å². The fourth-order valence-corrected chi connectivity index (χ4v) is 3.93. The molecule has 0 N–H and O–H groups in total. The number of rotatable bonds is 4. The second kappa shape index (κ2) is 6.83. The molecule has 8 nitrogen and oxygen atoms in total. The van der Waals surface area contributed by atoms with Crippen molar-refractivity contribution in [3.8, 4) is 0 Å². The molecule has 0 bridgehead atoms. The van der Waals surface area contributed by atoms with Gasteiger partial charge < -0.3 is 9.64 Å². The molecule has 0 aliphatic carbocycles. The monoisotopic (exact) mass is 358 g/mol. The molecule has 0 aromatic carbocycles. The third-order valence-corrected chi connectivity index (χ3v) is 5.18.